The third-order valence-corrected chi connectivity index (χ3v) is 3.14. The monoisotopic (exact) mass is 243 g/mol. The summed E-state index contributed by atoms with van der Waals surface area (Å²) in [7, 11) is 1.64. The molecule has 0 radical (unpaired) electrons. The number of anilines is 1. The zero-order valence-corrected chi connectivity index (χ0v) is 10.7. The van der Waals surface area contributed by atoms with E-state index in [-0.39, 0.29) is 11.5 Å². The molecule has 1 aromatic heterocycles. The Kier molecular flexibility index (Phi) is 3.46. The number of aryl methyl sites for hydroxylation is 2. The maximum Gasteiger partial charge on any atom is 0.257 e. The second-order valence-corrected chi connectivity index (χ2v) is 4.39. The van der Waals surface area contributed by atoms with Crippen LogP contribution < -0.4 is 11.3 Å². The highest BCUT2D eigenvalue weighted by Gasteiger charge is 2.09. The van der Waals surface area contributed by atoms with Crippen LogP contribution in [0.15, 0.2) is 35.1 Å². The summed E-state index contributed by atoms with van der Waals surface area (Å²) in [5.74, 6) is 0.272. The Labute approximate surface area is 106 Å². The SMILES string of the molecule is Cc1c(CCc2ccccc2)nc(N)n(C)c1=O. The molecule has 1 heterocycles. The van der Waals surface area contributed by atoms with Crippen molar-refractivity contribution in [3.05, 3.63) is 57.5 Å². The van der Waals surface area contributed by atoms with Gasteiger partial charge in [-0.1, -0.05) is 30.3 Å². The molecule has 0 aliphatic rings. The van der Waals surface area contributed by atoms with Gasteiger partial charge >= 0.3 is 0 Å². The van der Waals surface area contributed by atoms with Gasteiger partial charge < -0.3 is 5.73 Å². The lowest BCUT2D eigenvalue weighted by molar-refractivity contribution is 0.789. The van der Waals surface area contributed by atoms with Crippen molar-refractivity contribution in [1.82, 2.24) is 9.55 Å². The molecule has 0 aliphatic carbocycles. The Balaban J connectivity index is 2.23. The van der Waals surface area contributed by atoms with Crippen LogP contribution in [0.2, 0.25) is 0 Å². The van der Waals surface area contributed by atoms with E-state index < -0.39 is 0 Å². The van der Waals surface area contributed by atoms with Crippen LogP contribution in [0.3, 0.4) is 0 Å². The maximum absolute atomic E-state index is 11.9. The van der Waals surface area contributed by atoms with E-state index in [2.05, 4.69) is 17.1 Å². The maximum atomic E-state index is 11.9. The van der Waals surface area contributed by atoms with Gasteiger partial charge in [0.05, 0.1) is 5.69 Å². The van der Waals surface area contributed by atoms with Crippen LogP contribution in [0.5, 0.6) is 0 Å². The van der Waals surface area contributed by atoms with Gasteiger partial charge in [0, 0.05) is 12.6 Å². The molecular weight excluding hydrogens is 226 g/mol. The second-order valence-electron chi connectivity index (χ2n) is 4.39. The number of nitrogens with two attached hydrogens (primary N) is 1. The summed E-state index contributed by atoms with van der Waals surface area (Å²) in [6.45, 7) is 1.80. The lowest BCUT2D eigenvalue weighted by Crippen LogP contribution is -2.25. The summed E-state index contributed by atoms with van der Waals surface area (Å²) in [4.78, 5) is 16.2. The van der Waals surface area contributed by atoms with Crippen molar-refractivity contribution in [3.8, 4) is 0 Å². The first-order valence-corrected chi connectivity index (χ1v) is 5.95. The smallest absolute Gasteiger partial charge is 0.257 e. The highest BCUT2D eigenvalue weighted by atomic mass is 16.1. The van der Waals surface area contributed by atoms with E-state index in [0.29, 0.717) is 5.56 Å². The molecule has 2 aromatic rings. The second kappa shape index (κ2) is 5.04. The summed E-state index contributed by atoms with van der Waals surface area (Å²) in [5, 5.41) is 0. The molecule has 2 rings (SSSR count). The molecule has 2 N–H and O–H groups in total. The van der Waals surface area contributed by atoms with E-state index in [9.17, 15) is 4.79 Å². The first kappa shape index (κ1) is 12.4. The van der Waals surface area contributed by atoms with Crippen molar-refractivity contribution < 1.29 is 0 Å². The van der Waals surface area contributed by atoms with Gasteiger partial charge in [-0.3, -0.25) is 9.36 Å². The van der Waals surface area contributed by atoms with Gasteiger partial charge in [-0.2, -0.15) is 0 Å². The highest BCUT2D eigenvalue weighted by molar-refractivity contribution is 5.27. The van der Waals surface area contributed by atoms with Gasteiger partial charge in [-0.25, -0.2) is 4.98 Å². The normalized spacial score (nSPS) is 10.6. The van der Waals surface area contributed by atoms with Crippen molar-refractivity contribution in [2.45, 2.75) is 19.8 Å². The number of nitrogen functional groups attached to an aromatic ring is 1. The zero-order chi connectivity index (χ0) is 13.1. The molecule has 0 atom stereocenters. The number of rotatable bonds is 3. The van der Waals surface area contributed by atoms with Crippen LogP contribution in [0.4, 0.5) is 5.95 Å². The van der Waals surface area contributed by atoms with Gasteiger partial charge in [0.25, 0.3) is 5.56 Å². The number of hydrogen-bond acceptors (Lipinski definition) is 3. The summed E-state index contributed by atoms with van der Waals surface area (Å²) in [5.41, 5.74) is 8.36. The fourth-order valence-corrected chi connectivity index (χ4v) is 1.93. The van der Waals surface area contributed by atoms with Gasteiger partial charge in [0.2, 0.25) is 5.95 Å². The van der Waals surface area contributed by atoms with E-state index in [1.54, 1.807) is 14.0 Å². The molecule has 4 nitrogen and oxygen atoms in total. The van der Waals surface area contributed by atoms with E-state index in [1.807, 2.05) is 18.2 Å². The van der Waals surface area contributed by atoms with Crippen molar-refractivity contribution in [2.75, 3.05) is 5.73 Å². The van der Waals surface area contributed by atoms with Crippen LogP contribution >= 0.6 is 0 Å². The molecule has 4 heteroatoms. The van der Waals surface area contributed by atoms with Crippen LogP contribution in [-0.2, 0) is 19.9 Å². The van der Waals surface area contributed by atoms with E-state index >= 15 is 0 Å². The minimum absolute atomic E-state index is 0.0643. The molecule has 0 saturated carbocycles. The lowest BCUT2D eigenvalue weighted by Gasteiger charge is -2.09. The lowest BCUT2D eigenvalue weighted by atomic mass is 10.1. The topological polar surface area (TPSA) is 60.9 Å². The fraction of sp³-hybridized carbons (Fsp3) is 0.286. The first-order valence-electron chi connectivity index (χ1n) is 5.95. The summed E-state index contributed by atoms with van der Waals surface area (Å²) < 4.78 is 1.38. The number of nitrogens with zero attached hydrogens (tertiary/aromatic N) is 2. The van der Waals surface area contributed by atoms with Gasteiger partial charge in [0.15, 0.2) is 0 Å². The fourth-order valence-electron chi connectivity index (χ4n) is 1.93. The van der Waals surface area contributed by atoms with E-state index in [0.717, 1.165) is 18.5 Å². The molecule has 1 aromatic carbocycles. The van der Waals surface area contributed by atoms with Crippen molar-refractivity contribution >= 4 is 5.95 Å². The Morgan fingerprint density at radius 3 is 2.56 bits per heavy atom. The Hall–Kier alpha value is -2.10. The molecule has 0 saturated heterocycles. The van der Waals surface area contributed by atoms with Crippen LogP contribution in [0, 0.1) is 6.92 Å². The number of aromatic nitrogens is 2. The minimum Gasteiger partial charge on any atom is -0.369 e. The molecule has 94 valence electrons. The third kappa shape index (κ3) is 2.42. The van der Waals surface area contributed by atoms with Crippen molar-refractivity contribution in [3.63, 3.8) is 0 Å². The number of benzene rings is 1. The summed E-state index contributed by atoms with van der Waals surface area (Å²) in [6.07, 6.45) is 1.59. The molecule has 0 bridgehead atoms. The van der Waals surface area contributed by atoms with Gasteiger partial charge in [-0.15, -0.1) is 0 Å². The predicted octanol–water partition coefficient (Wildman–Crippen LogP) is 1.46. The minimum atomic E-state index is -0.0643. The van der Waals surface area contributed by atoms with Crippen LogP contribution in [-0.4, -0.2) is 9.55 Å². The molecule has 0 unspecified atom stereocenters. The zero-order valence-electron chi connectivity index (χ0n) is 10.7. The Morgan fingerprint density at radius 2 is 1.89 bits per heavy atom. The Morgan fingerprint density at radius 1 is 1.22 bits per heavy atom. The molecule has 0 aliphatic heterocycles. The van der Waals surface area contributed by atoms with E-state index in [1.165, 1.54) is 10.1 Å². The standard InChI is InChI=1S/C14H17N3O/c1-10-12(16-14(15)17(2)13(10)18)9-8-11-6-4-3-5-7-11/h3-7H,8-9H2,1-2H3,(H2,15,16). The molecule has 0 amide bonds. The van der Waals surface area contributed by atoms with Gasteiger partial charge in [0.1, 0.15) is 0 Å². The largest absolute Gasteiger partial charge is 0.369 e. The molecular formula is C14H17N3O. The van der Waals surface area contributed by atoms with E-state index in [4.69, 9.17) is 5.73 Å². The molecule has 18 heavy (non-hydrogen) atoms. The highest BCUT2D eigenvalue weighted by Crippen LogP contribution is 2.08. The average Bonchev–Trinajstić information content (AvgIpc) is 2.40. The molecule has 0 fully saturated rings. The molecule has 0 spiro atoms. The van der Waals surface area contributed by atoms with Crippen molar-refractivity contribution in [2.24, 2.45) is 7.05 Å². The Bertz CT molecular complexity index is 602. The first-order chi connectivity index (χ1) is 8.59. The van der Waals surface area contributed by atoms with Crippen molar-refractivity contribution in [1.29, 1.82) is 0 Å². The average molecular weight is 243 g/mol. The quantitative estimate of drug-likeness (QED) is 0.887. The number of hydrogen-bond donors (Lipinski definition) is 1. The summed E-state index contributed by atoms with van der Waals surface area (Å²) >= 11 is 0. The summed E-state index contributed by atoms with van der Waals surface area (Å²) in [6, 6.07) is 10.1. The van der Waals surface area contributed by atoms with Gasteiger partial charge in [-0.05, 0) is 25.3 Å². The predicted molar refractivity (Wildman–Crippen MR) is 72.5 cm³/mol. The van der Waals surface area contributed by atoms with Crippen LogP contribution in [0.25, 0.3) is 0 Å². The van der Waals surface area contributed by atoms with Crippen LogP contribution in [0.1, 0.15) is 16.8 Å². The third-order valence-electron chi connectivity index (χ3n) is 3.14.